The summed E-state index contributed by atoms with van der Waals surface area (Å²) in [5, 5.41) is 4.46. The molecule has 4 rings (SSSR count). The lowest BCUT2D eigenvalue weighted by molar-refractivity contribution is -0.122. The standard InChI is InChI=1S/C23H19ClN2O2S/c1-14-3-12-20-21(13-14)29-23(26-20)16-4-8-18(9-5-16)25-22(27)15(2)28-19-10-6-17(24)7-11-19/h3-13,15H,1-2H3,(H,25,27). The van der Waals surface area contributed by atoms with Crippen LogP contribution in [0.2, 0.25) is 5.02 Å². The van der Waals surface area contributed by atoms with Crippen molar-refractivity contribution in [3.63, 3.8) is 0 Å². The van der Waals surface area contributed by atoms with Gasteiger partial charge in [0.25, 0.3) is 5.91 Å². The fourth-order valence-corrected chi connectivity index (χ4v) is 4.06. The lowest BCUT2D eigenvalue weighted by Gasteiger charge is -2.15. The zero-order chi connectivity index (χ0) is 20.4. The molecule has 4 aromatic rings. The molecule has 1 N–H and O–H groups in total. The van der Waals surface area contributed by atoms with Gasteiger partial charge in [0, 0.05) is 16.3 Å². The smallest absolute Gasteiger partial charge is 0.265 e. The number of rotatable bonds is 5. The molecule has 6 heteroatoms. The van der Waals surface area contributed by atoms with Gasteiger partial charge in [-0.05, 0) is 80.1 Å². The normalized spacial score (nSPS) is 12.0. The molecule has 146 valence electrons. The second-order valence-electron chi connectivity index (χ2n) is 6.77. The summed E-state index contributed by atoms with van der Waals surface area (Å²) in [5.74, 6) is 0.377. The molecule has 0 saturated carbocycles. The third-order valence-electron chi connectivity index (χ3n) is 4.44. The predicted molar refractivity (Wildman–Crippen MR) is 120 cm³/mol. The third-order valence-corrected chi connectivity index (χ3v) is 5.76. The number of anilines is 1. The number of carbonyl (C=O) groups is 1. The minimum absolute atomic E-state index is 0.219. The molecule has 1 aromatic heterocycles. The van der Waals surface area contributed by atoms with Gasteiger partial charge in [0.1, 0.15) is 10.8 Å². The van der Waals surface area contributed by atoms with E-state index in [1.54, 1.807) is 42.5 Å². The number of nitrogens with one attached hydrogen (secondary N) is 1. The number of halogens is 1. The summed E-state index contributed by atoms with van der Waals surface area (Å²) in [6, 6.07) is 20.9. The summed E-state index contributed by atoms with van der Waals surface area (Å²) in [6.07, 6.45) is -0.636. The van der Waals surface area contributed by atoms with Crippen molar-refractivity contribution >= 4 is 44.7 Å². The molecule has 0 saturated heterocycles. The van der Waals surface area contributed by atoms with Gasteiger partial charge in [0.2, 0.25) is 0 Å². The molecule has 0 radical (unpaired) electrons. The van der Waals surface area contributed by atoms with E-state index in [0.29, 0.717) is 16.5 Å². The van der Waals surface area contributed by atoms with Crippen molar-refractivity contribution in [3.05, 3.63) is 77.3 Å². The van der Waals surface area contributed by atoms with E-state index in [9.17, 15) is 4.79 Å². The molecule has 4 nitrogen and oxygen atoms in total. The molecule has 0 spiro atoms. The SMILES string of the molecule is Cc1ccc2nc(-c3ccc(NC(=O)C(C)Oc4ccc(Cl)cc4)cc3)sc2c1. The van der Waals surface area contributed by atoms with Gasteiger partial charge in [0.05, 0.1) is 10.2 Å². The number of thiazole rings is 1. The number of hydrogen-bond donors (Lipinski definition) is 1. The Morgan fingerprint density at radius 3 is 2.52 bits per heavy atom. The maximum absolute atomic E-state index is 12.4. The minimum Gasteiger partial charge on any atom is -0.481 e. The Bertz CT molecular complexity index is 1150. The number of carbonyl (C=O) groups excluding carboxylic acids is 1. The zero-order valence-electron chi connectivity index (χ0n) is 16.0. The van der Waals surface area contributed by atoms with Crippen LogP contribution < -0.4 is 10.1 Å². The van der Waals surface area contributed by atoms with Gasteiger partial charge in [-0.2, -0.15) is 0 Å². The number of ether oxygens (including phenoxy) is 1. The zero-order valence-corrected chi connectivity index (χ0v) is 17.6. The van der Waals surface area contributed by atoms with Crippen molar-refractivity contribution in [2.45, 2.75) is 20.0 Å². The van der Waals surface area contributed by atoms with Crippen molar-refractivity contribution < 1.29 is 9.53 Å². The van der Waals surface area contributed by atoms with E-state index >= 15 is 0 Å². The maximum atomic E-state index is 12.4. The maximum Gasteiger partial charge on any atom is 0.265 e. The van der Waals surface area contributed by atoms with Crippen molar-refractivity contribution in [1.82, 2.24) is 4.98 Å². The third kappa shape index (κ3) is 4.58. The average molecular weight is 423 g/mol. The number of benzene rings is 3. The van der Waals surface area contributed by atoms with Gasteiger partial charge < -0.3 is 10.1 Å². The van der Waals surface area contributed by atoms with Crippen LogP contribution in [0, 0.1) is 6.92 Å². The molecule has 1 unspecified atom stereocenters. The van der Waals surface area contributed by atoms with Gasteiger partial charge in [-0.15, -0.1) is 11.3 Å². The minimum atomic E-state index is -0.636. The molecule has 0 bridgehead atoms. The van der Waals surface area contributed by atoms with Crippen LogP contribution in [-0.2, 0) is 4.79 Å². The van der Waals surface area contributed by atoms with Crippen molar-refractivity contribution in [3.8, 4) is 16.3 Å². The molecule has 1 amide bonds. The lowest BCUT2D eigenvalue weighted by Crippen LogP contribution is -2.30. The van der Waals surface area contributed by atoms with Gasteiger partial charge in [-0.25, -0.2) is 4.98 Å². The lowest BCUT2D eigenvalue weighted by atomic mass is 10.2. The Labute approximate surface area is 178 Å². The van der Waals surface area contributed by atoms with Crippen LogP contribution in [0.3, 0.4) is 0 Å². The first-order valence-electron chi connectivity index (χ1n) is 9.19. The number of nitrogens with zero attached hydrogens (tertiary/aromatic N) is 1. The molecule has 3 aromatic carbocycles. The van der Waals surface area contributed by atoms with Gasteiger partial charge in [0.15, 0.2) is 6.10 Å². The van der Waals surface area contributed by atoms with Crippen molar-refractivity contribution in [2.75, 3.05) is 5.32 Å². The number of aromatic nitrogens is 1. The van der Waals surface area contributed by atoms with Crippen molar-refractivity contribution in [1.29, 1.82) is 0 Å². The van der Waals surface area contributed by atoms with E-state index in [0.717, 1.165) is 16.1 Å². The van der Waals surface area contributed by atoms with Crippen LogP contribution in [-0.4, -0.2) is 17.0 Å². The largest absolute Gasteiger partial charge is 0.481 e. The topological polar surface area (TPSA) is 51.2 Å². The van der Waals surface area contributed by atoms with Crippen LogP contribution in [0.1, 0.15) is 12.5 Å². The van der Waals surface area contributed by atoms with E-state index in [2.05, 4.69) is 24.4 Å². The Kier molecular flexibility index (Phi) is 5.51. The molecule has 1 atom stereocenters. The molecule has 0 aliphatic heterocycles. The summed E-state index contributed by atoms with van der Waals surface area (Å²) in [7, 11) is 0. The van der Waals surface area contributed by atoms with E-state index in [4.69, 9.17) is 21.3 Å². The van der Waals surface area contributed by atoms with Gasteiger partial charge >= 0.3 is 0 Å². The highest BCUT2D eigenvalue weighted by molar-refractivity contribution is 7.21. The molecule has 0 aliphatic rings. The first-order chi connectivity index (χ1) is 14.0. The average Bonchev–Trinajstić information content (AvgIpc) is 3.13. The highest BCUT2D eigenvalue weighted by Gasteiger charge is 2.15. The molecule has 29 heavy (non-hydrogen) atoms. The van der Waals surface area contributed by atoms with Crippen LogP contribution in [0.15, 0.2) is 66.7 Å². The summed E-state index contributed by atoms with van der Waals surface area (Å²) in [4.78, 5) is 17.1. The Morgan fingerprint density at radius 1 is 1.07 bits per heavy atom. The highest BCUT2D eigenvalue weighted by Crippen LogP contribution is 2.31. The highest BCUT2D eigenvalue weighted by atomic mass is 35.5. The summed E-state index contributed by atoms with van der Waals surface area (Å²) < 4.78 is 6.83. The van der Waals surface area contributed by atoms with E-state index in [1.807, 2.05) is 30.3 Å². The van der Waals surface area contributed by atoms with E-state index in [-0.39, 0.29) is 5.91 Å². The fraction of sp³-hybridized carbons (Fsp3) is 0.130. The predicted octanol–water partition coefficient (Wildman–Crippen LogP) is 6.33. The fourth-order valence-electron chi connectivity index (χ4n) is 2.87. The second-order valence-corrected chi connectivity index (χ2v) is 8.24. The van der Waals surface area contributed by atoms with Gasteiger partial charge in [-0.1, -0.05) is 17.7 Å². The van der Waals surface area contributed by atoms with Crippen molar-refractivity contribution in [2.24, 2.45) is 0 Å². The Hall–Kier alpha value is -2.89. The Balaban J connectivity index is 1.43. The first kappa shape index (κ1) is 19.4. The molecular formula is C23H19ClN2O2S. The number of aryl methyl sites for hydroxylation is 1. The molecular weight excluding hydrogens is 404 g/mol. The van der Waals surface area contributed by atoms with E-state index < -0.39 is 6.10 Å². The Morgan fingerprint density at radius 2 is 1.79 bits per heavy atom. The quantitative estimate of drug-likeness (QED) is 0.408. The number of amides is 1. The number of fused-ring (bicyclic) bond motifs is 1. The molecule has 1 heterocycles. The summed E-state index contributed by atoms with van der Waals surface area (Å²) in [6.45, 7) is 3.79. The monoisotopic (exact) mass is 422 g/mol. The van der Waals surface area contributed by atoms with Crippen LogP contribution >= 0.6 is 22.9 Å². The first-order valence-corrected chi connectivity index (χ1v) is 10.4. The summed E-state index contributed by atoms with van der Waals surface area (Å²) in [5.41, 5.74) is 3.96. The van der Waals surface area contributed by atoms with Crippen LogP contribution in [0.4, 0.5) is 5.69 Å². The van der Waals surface area contributed by atoms with Crippen LogP contribution in [0.25, 0.3) is 20.8 Å². The second kappa shape index (κ2) is 8.23. The molecule has 0 fully saturated rings. The van der Waals surface area contributed by atoms with Crippen LogP contribution in [0.5, 0.6) is 5.75 Å². The van der Waals surface area contributed by atoms with E-state index in [1.165, 1.54) is 10.3 Å². The summed E-state index contributed by atoms with van der Waals surface area (Å²) >= 11 is 7.53. The van der Waals surface area contributed by atoms with Gasteiger partial charge in [-0.3, -0.25) is 4.79 Å². The number of hydrogen-bond acceptors (Lipinski definition) is 4. The molecule has 0 aliphatic carbocycles.